The molecule has 1 saturated heterocycles. The first-order valence-corrected chi connectivity index (χ1v) is 10.9. The van der Waals surface area contributed by atoms with Crippen LogP contribution in [0.15, 0.2) is 47.4 Å². The number of carbonyl (C=O) groups excluding carboxylic acids is 1. The quantitative estimate of drug-likeness (QED) is 0.747. The summed E-state index contributed by atoms with van der Waals surface area (Å²) in [6.07, 6.45) is 1.62. The number of methoxy groups -OCH3 is 2. The van der Waals surface area contributed by atoms with Gasteiger partial charge >= 0.3 is 0 Å². The number of sulfonamides is 1. The van der Waals surface area contributed by atoms with Crippen LogP contribution in [0.2, 0.25) is 0 Å². The molecule has 1 aliphatic rings. The zero-order valence-corrected chi connectivity index (χ0v) is 17.7. The number of hydrogen-bond acceptors (Lipinski definition) is 5. The summed E-state index contributed by atoms with van der Waals surface area (Å²) in [4.78, 5) is 12.7. The first-order valence-electron chi connectivity index (χ1n) is 9.43. The molecule has 0 aromatic heterocycles. The summed E-state index contributed by atoms with van der Waals surface area (Å²) < 4.78 is 37.8. The Balaban J connectivity index is 1.73. The summed E-state index contributed by atoms with van der Waals surface area (Å²) in [6, 6.07) is 11.3. The van der Waals surface area contributed by atoms with E-state index in [1.165, 1.54) is 16.4 Å². The van der Waals surface area contributed by atoms with Crippen molar-refractivity contribution in [3.63, 3.8) is 0 Å². The Hall–Kier alpha value is -2.42. The Kier molecular flexibility index (Phi) is 6.56. The number of rotatable bonds is 7. The minimum absolute atomic E-state index is 0.136. The molecule has 3 rings (SSSR count). The lowest BCUT2D eigenvalue weighted by Crippen LogP contribution is -2.38. The van der Waals surface area contributed by atoms with E-state index in [0.717, 1.165) is 18.4 Å². The summed E-state index contributed by atoms with van der Waals surface area (Å²) in [7, 11) is -0.439. The van der Waals surface area contributed by atoms with Crippen LogP contribution in [0.25, 0.3) is 0 Å². The van der Waals surface area contributed by atoms with E-state index in [9.17, 15) is 13.2 Å². The van der Waals surface area contributed by atoms with Crippen molar-refractivity contribution in [2.75, 3.05) is 32.7 Å². The van der Waals surface area contributed by atoms with Gasteiger partial charge in [-0.05, 0) is 67.8 Å². The molecule has 156 valence electrons. The number of ether oxygens (including phenoxy) is 2. The molecule has 1 amide bonds. The Morgan fingerprint density at radius 3 is 2.52 bits per heavy atom. The van der Waals surface area contributed by atoms with Gasteiger partial charge in [-0.25, -0.2) is 8.42 Å². The van der Waals surface area contributed by atoms with Crippen LogP contribution >= 0.6 is 0 Å². The van der Waals surface area contributed by atoms with Crippen molar-refractivity contribution in [2.45, 2.75) is 30.7 Å². The van der Waals surface area contributed by atoms with Crippen LogP contribution in [0.3, 0.4) is 0 Å². The van der Waals surface area contributed by atoms with E-state index in [4.69, 9.17) is 9.47 Å². The minimum Gasteiger partial charge on any atom is -0.496 e. The van der Waals surface area contributed by atoms with Crippen molar-refractivity contribution in [3.8, 4) is 5.75 Å². The molecule has 1 unspecified atom stereocenters. The van der Waals surface area contributed by atoms with Crippen LogP contribution in [-0.4, -0.2) is 52.0 Å². The van der Waals surface area contributed by atoms with E-state index in [-0.39, 0.29) is 16.8 Å². The molecule has 1 N–H and O–H groups in total. The molecule has 2 aromatic carbocycles. The molecule has 2 aromatic rings. The topological polar surface area (TPSA) is 84.9 Å². The fourth-order valence-electron chi connectivity index (χ4n) is 3.55. The van der Waals surface area contributed by atoms with Crippen LogP contribution in [0, 0.1) is 6.92 Å². The van der Waals surface area contributed by atoms with Gasteiger partial charge < -0.3 is 14.8 Å². The largest absolute Gasteiger partial charge is 0.496 e. The number of nitrogens with zero attached hydrogens (tertiary/aromatic N) is 1. The zero-order chi connectivity index (χ0) is 21.0. The molecule has 0 saturated carbocycles. The minimum atomic E-state index is -3.59. The second-order valence-corrected chi connectivity index (χ2v) is 8.92. The van der Waals surface area contributed by atoms with Crippen molar-refractivity contribution in [1.29, 1.82) is 0 Å². The van der Waals surface area contributed by atoms with Crippen LogP contribution in [0.1, 0.15) is 28.8 Å². The smallest absolute Gasteiger partial charge is 0.255 e. The van der Waals surface area contributed by atoms with Crippen molar-refractivity contribution in [3.05, 3.63) is 53.6 Å². The van der Waals surface area contributed by atoms with Gasteiger partial charge in [-0.1, -0.05) is 0 Å². The Bertz CT molecular complexity index is 973. The van der Waals surface area contributed by atoms with E-state index in [2.05, 4.69) is 5.32 Å². The summed E-state index contributed by atoms with van der Waals surface area (Å²) in [6.45, 7) is 2.74. The Morgan fingerprint density at radius 1 is 1.17 bits per heavy atom. The molecule has 8 heteroatoms. The predicted octanol–water partition coefficient (Wildman–Crippen LogP) is 3.06. The van der Waals surface area contributed by atoms with Gasteiger partial charge in [0.2, 0.25) is 10.0 Å². The molecule has 0 spiro atoms. The maximum absolute atomic E-state index is 12.9. The number of anilines is 1. The molecule has 1 fully saturated rings. The van der Waals surface area contributed by atoms with Gasteiger partial charge in [-0.3, -0.25) is 4.79 Å². The van der Waals surface area contributed by atoms with Gasteiger partial charge in [-0.15, -0.1) is 0 Å². The molecule has 1 heterocycles. The molecular formula is C21H26N2O5S. The average molecular weight is 419 g/mol. The highest BCUT2D eigenvalue weighted by Crippen LogP contribution is 2.27. The number of carbonyl (C=O) groups is 1. The summed E-state index contributed by atoms with van der Waals surface area (Å²) in [5.41, 5.74) is 1.88. The van der Waals surface area contributed by atoms with E-state index >= 15 is 0 Å². The number of hydrogen-bond donors (Lipinski definition) is 1. The lowest BCUT2D eigenvalue weighted by atomic mass is 10.1. The normalized spacial score (nSPS) is 17.3. The van der Waals surface area contributed by atoms with Gasteiger partial charge in [0.15, 0.2) is 0 Å². The van der Waals surface area contributed by atoms with Crippen molar-refractivity contribution >= 4 is 21.6 Å². The molecule has 29 heavy (non-hydrogen) atoms. The summed E-state index contributed by atoms with van der Waals surface area (Å²) >= 11 is 0. The van der Waals surface area contributed by atoms with Crippen LogP contribution in [0.4, 0.5) is 5.69 Å². The molecule has 1 aliphatic heterocycles. The second kappa shape index (κ2) is 8.94. The van der Waals surface area contributed by atoms with Gasteiger partial charge in [0.05, 0.1) is 18.6 Å². The molecule has 0 aliphatic carbocycles. The van der Waals surface area contributed by atoms with Gasteiger partial charge in [0.25, 0.3) is 5.91 Å². The van der Waals surface area contributed by atoms with E-state index in [1.807, 2.05) is 6.92 Å². The highest BCUT2D eigenvalue weighted by molar-refractivity contribution is 7.89. The van der Waals surface area contributed by atoms with Gasteiger partial charge in [-0.2, -0.15) is 4.31 Å². The third-order valence-electron chi connectivity index (χ3n) is 5.06. The molecule has 0 bridgehead atoms. The standard InChI is InChI=1S/C21H26N2O5S/c1-15-13-16(6-11-20(15)28-3)21(24)22-17-7-9-19(10-8-17)29(25,26)23-12-4-5-18(23)14-27-2/h6-11,13,18H,4-5,12,14H2,1-3H3,(H,22,24). The highest BCUT2D eigenvalue weighted by Gasteiger charge is 2.35. The first kappa shape index (κ1) is 21.3. The van der Waals surface area contributed by atoms with Crippen LogP contribution in [0.5, 0.6) is 5.75 Å². The van der Waals surface area contributed by atoms with Crippen LogP contribution in [-0.2, 0) is 14.8 Å². The third-order valence-corrected chi connectivity index (χ3v) is 7.02. The van der Waals surface area contributed by atoms with E-state index in [0.29, 0.717) is 30.2 Å². The number of amides is 1. The number of benzene rings is 2. The molecule has 1 atom stereocenters. The van der Waals surface area contributed by atoms with E-state index in [1.54, 1.807) is 44.6 Å². The van der Waals surface area contributed by atoms with Crippen LogP contribution < -0.4 is 10.1 Å². The lowest BCUT2D eigenvalue weighted by Gasteiger charge is -2.23. The molecular weight excluding hydrogens is 392 g/mol. The monoisotopic (exact) mass is 418 g/mol. The molecule has 7 nitrogen and oxygen atoms in total. The van der Waals surface area contributed by atoms with Gasteiger partial charge in [0, 0.05) is 30.9 Å². The predicted molar refractivity (Wildman–Crippen MR) is 111 cm³/mol. The third kappa shape index (κ3) is 4.60. The Morgan fingerprint density at radius 2 is 1.90 bits per heavy atom. The first-order chi connectivity index (χ1) is 13.9. The average Bonchev–Trinajstić information content (AvgIpc) is 3.18. The maximum atomic E-state index is 12.9. The van der Waals surface area contributed by atoms with Crippen molar-refractivity contribution < 1.29 is 22.7 Å². The Labute approximate surface area is 171 Å². The maximum Gasteiger partial charge on any atom is 0.255 e. The fraction of sp³-hybridized carbons (Fsp3) is 0.381. The molecule has 0 radical (unpaired) electrons. The number of nitrogens with one attached hydrogen (secondary N) is 1. The SMILES string of the molecule is COCC1CCCN1S(=O)(=O)c1ccc(NC(=O)c2ccc(OC)c(C)c2)cc1. The second-order valence-electron chi connectivity index (χ2n) is 7.03. The van der Waals surface area contributed by atoms with Crippen molar-refractivity contribution in [1.82, 2.24) is 4.31 Å². The number of aryl methyl sites for hydroxylation is 1. The van der Waals surface area contributed by atoms with Crippen molar-refractivity contribution in [2.24, 2.45) is 0 Å². The summed E-state index contributed by atoms with van der Waals surface area (Å²) in [5.74, 6) is 0.441. The fourth-order valence-corrected chi connectivity index (χ4v) is 5.23. The zero-order valence-electron chi connectivity index (χ0n) is 16.8. The highest BCUT2D eigenvalue weighted by atomic mass is 32.2. The van der Waals surface area contributed by atoms with E-state index < -0.39 is 10.0 Å². The summed E-state index contributed by atoms with van der Waals surface area (Å²) in [5, 5.41) is 2.79. The lowest BCUT2D eigenvalue weighted by molar-refractivity contribution is 0.102. The van der Waals surface area contributed by atoms with Gasteiger partial charge in [0.1, 0.15) is 5.75 Å².